The highest BCUT2D eigenvalue weighted by Gasteiger charge is 2.28. The van der Waals surface area contributed by atoms with Crippen LogP contribution in [0.25, 0.3) is 0 Å². The van der Waals surface area contributed by atoms with Crippen LogP contribution in [0.15, 0.2) is 30.3 Å². The molecule has 0 aliphatic heterocycles. The SMILES string of the molecule is CCCCC[C@H](CC(=O)NOCc1ccccc1)C(=O)N[C@@H](CC(C)C)C(=O)N[C@@H](C)C(N)=O. The van der Waals surface area contributed by atoms with Gasteiger partial charge in [0.2, 0.25) is 23.6 Å². The van der Waals surface area contributed by atoms with Crippen molar-refractivity contribution in [2.45, 2.75) is 84.9 Å². The Hall–Kier alpha value is -2.94. The van der Waals surface area contributed by atoms with Gasteiger partial charge < -0.3 is 16.4 Å². The fourth-order valence-electron chi connectivity index (χ4n) is 3.38. The number of carbonyl (C=O) groups is 4. The van der Waals surface area contributed by atoms with E-state index in [4.69, 9.17) is 10.6 Å². The molecule has 0 radical (unpaired) electrons. The number of amides is 4. The van der Waals surface area contributed by atoms with Gasteiger partial charge >= 0.3 is 0 Å². The van der Waals surface area contributed by atoms with Crippen LogP contribution in [0.1, 0.15) is 71.8 Å². The second-order valence-electron chi connectivity index (χ2n) is 9.02. The number of hydroxylamine groups is 1. The molecule has 0 saturated heterocycles. The molecule has 190 valence electrons. The van der Waals surface area contributed by atoms with Gasteiger partial charge in [0.15, 0.2) is 0 Å². The first-order chi connectivity index (χ1) is 16.1. The number of benzene rings is 1. The molecule has 1 aromatic carbocycles. The molecule has 1 aromatic rings. The van der Waals surface area contributed by atoms with Gasteiger partial charge in [0, 0.05) is 12.3 Å². The quantitative estimate of drug-likeness (QED) is 0.214. The van der Waals surface area contributed by atoms with Crippen molar-refractivity contribution in [3.8, 4) is 0 Å². The van der Waals surface area contributed by atoms with Crippen molar-refractivity contribution in [1.29, 1.82) is 0 Å². The fourth-order valence-corrected chi connectivity index (χ4v) is 3.38. The Bertz CT molecular complexity index is 785. The normalized spacial score (nSPS) is 13.6. The van der Waals surface area contributed by atoms with Crippen LogP contribution in [0, 0.1) is 11.8 Å². The summed E-state index contributed by atoms with van der Waals surface area (Å²) in [5.74, 6) is -2.40. The number of hydrogen-bond acceptors (Lipinski definition) is 5. The van der Waals surface area contributed by atoms with E-state index in [1.807, 2.05) is 44.2 Å². The molecule has 5 N–H and O–H groups in total. The van der Waals surface area contributed by atoms with Crippen molar-refractivity contribution in [1.82, 2.24) is 16.1 Å². The summed E-state index contributed by atoms with van der Waals surface area (Å²) >= 11 is 0. The smallest absolute Gasteiger partial charge is 0.244 e. The summed E-state index contributed by atoms with van der Waals surface area (Å²) in [5.41, 5.74) is 8.55. The molecule has 0 spiro atoms. The first-order valence-electron chi connectivity index (χ1n) is 12.0. The minimum Gasteiger partial charge on any atom is -0.368 e. The van der Waals surface area contributed by atoms with Gasteiger partial charge in [0.25, 0.3) is 0 Å². The van der Waals surface area contributed by atoms with Crippen LogP contribution < -0.4 is 21.8 Å². The first kappa shape index (κ1) is 29.1. The van der Waals surface area contributed by atoms with Crippen LogP contribution in [0.3, 0.4) is 0 Å². The molecule has 3 atom stereocenters. The maximum absolute atomic E-state index is 13.1. The monoisotopic (exact) mass is 476 g/mol. The Labute approximate surface area is 202 Å². The Morgan fingerprint density at radius 1 is 0.971 bits per heavy atom. The standard InChI is InChI=1S/C25H40N4O5/c1-5-6-8-13-20(15-22(30)29-34-16-19-11-9-7-10-12-19)24(32)28-21(14-17(2)3)25(33)27-18(4)23(26)31/h7,9-12,17-18,20-21H,5-6,8,13-16H2,1-4H3,(H2,26,31)(H,27,33)(H,28,32)(H,29,30)/t18-,20+,21-/m0/s1. The van der Waals surface area contributed by atoms with E-state index in [2.05, 4.69) is 23.0 Å². The largest absolute Gasteiger partial charge is 0.368 e. The predicted octanol–water partition coefficient (Wildman–Crippen LogP) is 2.34. The maximum atomic E-state index is 13.1. The van der Waals surface area contributed by atoms with Crippen molar-refractivity contribution in [2.24, 2.45) is 17.6 Å². The number of unbranched alkanes of at least 4 members (excludes halogenated alkanes) is 2. The van der Waals surface area contributed by atoms with Crippen LogP contribution in [0.2, 0.25) is 0 Å². The Balaban J connectivity index is 2.76. The number of hydrogen-bond donors (Lipinski definition) is 4. The second kappa shape index (κ2) is 15.8. The number of rotatable bonds is 16. The van der Waals surface area contributed by atoms with E-state index in [-0.39, 0.29) is 24.9 Å². The lowest BCUT2D eigenvalue weighted by Gasteiger charge is -2.24. The zero-order valence-corrected chi connectivity index (χ0v) is 20.8. The highest BCUT2D eigenvalue weighted by Crippen LogP contribution is 2.16. The number of nitrogens with one attached hydrogen (secondary N) is 3. The predicted molar refractivity (Wildman–Crippen MR) is 130 cm³/mol. The lowest BCUT2D eigenvalue weighted by Crippen LogP contribution is -2.53. The lowest BCUT2D eigenvalue weighted by atomic mass is 9.95. The van der Waals surface area contributed by atoms with Crippen molar-refractivity contribution in [3.63, 3.8) is 0 Å². The number of carbonyl (C=O) groups excluding carboxylic acids is 4. The van der Waals surface area contributed by atoms with E-state index in [1.165, 1.54) is 6.92 Å². The van der Waals surface area contributed by atoms with E-state index >= 15 is 0 Å². The summed E-state index contributed by atoms with van der Waals surface area (Å²) in [6.07, 6.45) is 3.53. The van der Waals surface area contributed by atoms with E-state index in [0.717, 1.165) is 24.8 Å². The second-order valence-corrected chi connectivity index (χ2v) is 9.02. The molecule has 0 aliphatic rings. The van der Waals surface area contributed by atoms with Gasteiger partial charge in [-0.1, -0.05) is 70.4 Å². The third kappa shape index (κ3) is 11.8. The molecule has 0 aromatic heterocycles. The molecule has 0 saturated carbocycles. The molecule has 9 heteroatoms. The Kier molecular flexibility index (Phi) is 13.5. The highest BCUT2D eigenvalue weighted by atomic mass is 16.6. The third-order valence-electron chi connectivity index (χ3n) is 5.35. The average molecular weight is 477 g/mol. The van der Waals surface area contributed by atoms with Crippen LogP contribution in [0.5, 0.6) is 0 Å². The van der Waals surface area contributed by atoms with E-state index in [0.29, 0.717) is 12.8 Å². The topological polar surface area (TPSA) is 140 Å². The number of primary amides is 1. The fraction of sp³-hybridized carbons (Fsp3) is 0.600. The van der Waals surface area contributed by atoms with Crippen LogP contribution in [0.4, 0.5) is 0 Å². The highest BCUT2D eigenvalue weighted by molar-refractivity contribution is 5.92. The molecule has 4 amide bonds. The van der Waals surface area contributed by atoms with Gasteiger partial charge in [0.05, 0.1) is 6.61 Å². The first-order valence-corrected chi connectivity index (χ1v) is 12.0. The minimum atomic E-state index is -0.855. The van der Waals surface area contributed by atoms with Crippen molar-refractivity contribution in [2.75, 3.05) is 0 Å². The molecule has 0 fully saturated rings. The van der Waals surface area contributed by atoms with Crippen molar-refractivity contribution >= 4 is 23.6 Å². The van der Waals surface area contributed by atoms with Crippen LogP contribution >= 0.6 is 0 Å². The summed E-state index contributed by atoms with van der Waals surface area (Å²) in [5, 5.41) is 5.32. The summed E-state index contributed by atoms with van der Waals surface area (Å²) in [6, 6.07) is 7.72. The lowest BCUT2D eigenvalue weighted by molar-refractivity contribution is -0.139. The molecule has 9 nitrogen and oxygen atoms in total. The van der Waals surface area contributed by atoms with Gasteiger partial charge in [-0.2, -0.15) is 0 Å². The Morgan fingerprint density at radius 3 is 2.24 bits per heavy atom. The van der Waals surface area contributed by atoms with Crippen molar-refractivity contribution < 1.29 is 24.0 Å². The van der Waals surface area contributed by atoms with Gasteiger partial charge in [0.1, 0.15) is 12.1 Å². The summed E-state index contributed by atoms with van der Waals surface area (Å²) < 4.78 is 0. The van der Waals surface area contributed by atoms with Crippen LogP contribution in [-0.2, 0) is 30.6 Å². The number of nitrogens with two attached hydrogens (primary N) is 1. The molecule has 1 rings (SSSR count). The van der Waals surface area contributed by atoms with E-state index in [1.54, 1.807) is 0 Å². The molecular formula is C25H40N4O5. The molecule has 0 heterocycles. The molecular weight excluding hydrogens is 436 g/mol. The van der Waals surface area contributed by atoms with Gasteiger partial charge in [-0.25, -0.2) is 5.48 Å². The maximum Gasteiger partial charge on any atom is 0.244 e. The van der Waals surface area contributed by atoms with Gasteiger partial charge in [-0.3, -0.25) is 24.0 Å². The molecule has 0 unspecified atom stereocenters. The molecule has 34 heavy (non-hydrogen) atoms. The third-order valence-corrected chi connectivity index (χ3v) is 5.35. The summed E-state index contributed by atoms with van der Waals surface area (Å²) in [6.45, 7) is 7.62. The van der Waals surface area contributed by atoms with E-state index in [9.17, 15) is 19.2 Å². The minimum absolute atomic E-state index is 0.0575. The zero-order valence-electron chi connectivity index (χ0n) is 20.8. The average Bonchev–Trinajstić information content (AvgIpc) is 2.78. The summed E-state index contributed by atoms with van der Waals surface area (Å²) in [4.78, 5) is 54.8. The Morgan fingerprint density at radius 2 is 1.65 bits per heavy atom. The zero-order chi connectivity index (χ0) is 25.5. The summed E-state index contributed by atoms with van der Waals surface area (Å²) in [7, 11) is 0. The van der Waals surface area contributed by atoms with E-state index < -0.39 is 35.7 Å². The van der Waals surface area contributed by atoms with Gasteiger partial charge in [-0.15, -0.1) is 0 Å². The van der Waals surface area contributed by atoms with Crippen molar-refractivity contribution in [3.05, 3.63) is 35.9 Å². The van der Waals surface area contributed by atoms with Gasteiger partial charge in [-0.05, 0) is 31.2 Å². The van der Waals surface area contributed by atoms with Crippen LogP contribution in [-0.4, -0.2) is 35.7 Å². The molecule has 0 bridgehead atoms. The molecule has 0 aliphatic carbocycles.